The van der Waals surface area contributed by atoms with Crippen LogP contribution >= 0.6 is 11.6 Å². The van der Waals surface area contributed by atoms with Crippen LogP contribution in [0.3, 0.4) is 0 Å². The molecule has 0 atom stereocenters. The van der Waals surface area contributed by atoms with Crippen molar-refractivity contribution in [2.75, 3.05) is 11.9 Å². The molecule has 0 bridgehead atoms. The molecule has 0 saturated heterocycles. The molecule has 3 aromatic carbocycles. The molecule has 0 saturated carbocycles. The first-order chi connectivity index (χ1) is 13.7. The number of carbonyl (C=O) groups is 1. The van der Waals surface area contributed by atoms with E-state index in [0.717, 1.165) is 5.56 Å². The molecule has 1 N–H and O–H groups in total. The molecule has 28 heavy (non-hydrogen) atoms. The minimum absolute atomic E-state index is 0.252. The van der Waals surface area contributed by atoms with Crippen LogP contribution in [0.1, 0.15) is 17.3 Å². The van der Waals surface area contributed by atoms with Gasteiger partial charge in [-0.3, -0.25) is 4.79 Å². The number of nitrogens with zero attached hydrogens (tertiary/aromatic N) is 1. The van der Waals surface area contributed by atoms with Crippen LogP contribution in [0.25, 0.3) is 22.6 Å². The van der Waals surface area contributed by atoms with E-state index in [1.54, 1.807) is 42.5 Å². The number of amides is 1. The molecule has 1 amide bonds. The Kier molecular flexibility index (Phi) is 5.00. The maximum absolute atomic E-state index is 12.7. The van der Waals surface area contributed by atoms with E-state index >= 15 is 0 Å². The standard InChI is InChI=1S/C22H17ClN2O3/c1-2-27-19-10-6-4-8-16(19)21(26)24-14-11-12-20-18(13-14)25-22(28-20)15-7-3-5-9-17(15)23/h3-13H,2H2,1H3,(H,24,26). The zero-order valence-corrected chi connectivity index (χ0v) is 15.9. The Bertz CT molecular complexity index is 1150. The number of halogens is 1. The first-order valence-electron chi connectivity index (χ1n) is 8.84. The fraction of sp³-hybridized carbons (Fsp3) is 0.0909. The molecule has 0 aliphatic rings. The van der Waals surface area contributed by atoms with Crippen LogP contribution in [-0.2, 0) is 0 Å². The second-order valence-electron chi connectivity index (χ2n) is 6.06. The lowest BCUT2D eigenvalue weighted by atomic mass is 10.2. The zero-order valence-electron chi connectivity index (χ0n) is 15.1. The van der Waals surface area contributed by atoms with Crippen LogP contribution in [0, 0.1) is 0 Å². The SMILES string of the molecule is CCOc1ccccc1C(=O)Nc1ccc2oc(-c3ccccc3Cl)nc2c1. The van der Waals surface area contributed by atoms with Crippen LogP contribution in [0.2, 0.25) is 5.02 Å². The number of rotatable bonds is 5. The number of anilines is 1. The highest BCUT2D eigenvalue weighted by Gasteiger charge is 2.14. The molecule has 1 heterocycles. The third-order valence-corrected chi connectivity index (χ3v) is 4.51. The molecule has 0 spiro atoms. The first-order valence-corrected chi connectivity index (χ1v) is 9.22. The van der Waals surface area contributed by atoms with Crippen LogP contribution < -0.4 is 10.1 Å². The topological polar surface area (TPSA) is 64.4 Å². The Hall–Kier alpha value is -3.31. The molecule has 0 unspecified atom stereocenters. The number of ether oxygens (including phenoxy) is 1. The predicted octanol–water partition coefficient (Wildman–Crippen LogP) is 5.80. The number of oxazole rings is 1. The fourth-order valence-corrected chi connectivity index (χ4v) is 3.11. The van der Waals surface area contributed by atoms with E-state index in [0.29, 0.717) is 45.6 Å². The van der Waals surface area contributed by atoms with E-state index in [4.69, 9.17) is 20.8 Å². The molecule has 1 aromatic heterocycles. The fourth-order valence-electron chi connectivity index (χ4n) is 2.89. The van der Waals surface area contributed by atoms with Gasteiger partial charge in [-0.2, -0.15) is 0 Å². The molecule has 5 nitrogen and oxygen atoms in total. The van der Waals surface area contributed by atoms with Crippen LogP contribution in [-0.4, -0.2) is 17.5 Å². The summed E-state index contributed by atoms with van der Waals surface area (Å²) in [5, 5.41) is 3.45. The monoisotopic (exact) mass is 392 g/mol. The van der Waals surface area contributed by atoms with Gasteiger partial charge in [0.1, 0.15) is 11.3 Å². The summed E-state index contributed by atoms with van der Waals surface area (Å²) in [7, 11) is 0. The van der Waals surface area contributed by atoms with Gasteiger partial charge in [0.05, 0.1) is 22.8 Å². The van der Waals surface area contributed by atoms with Gasteiger partial charge in [-0.1, -0.05) is 35.9 Å². The average molecular weight is 393 g/mol. The highest BCUT2D eigenvalue weighted by atomic mass is 35.5. The second-order valence-corrected chi connectivity index (χ2v) is 6.47. The van der Waals surface area contributed by atoms with E-state index < -0.39 is 0 Å². The smallest absolute Gasteiger partial charge is 0.259 e. The molecule has 0 aliphatic heterocycles. The maximum atomic E-state index is 12.7. The number of carbonyl (C=O) groups excluding carboxylic acids is 1. The van der Waals surface area contributed by atoms with E-state index in [9.17, 15) is 4.79 Å². The van der Waals surface area contributed by atoms with Crippen LogP contribution in [0.5, 0.6) is 5.75 Å². The average Bonchev–Trinajstić information content (AvgIpc) is 3.12. The van der Waals surface area contributed by atoms with Crippen molar-refractivity contribution >= 4 is 34.3 Å². The van der Waals surface area contributed by atoms with E-state index in [1.165, 1.54) is 0 Å². The lowest BCUT2D eigenvalue weighted by Gasteiger charge is -2.10. The van der Waals surface area contributed by atoms with Gasteiger partial charge >= 0.3 is 0 Å². The van der Waals surface area contributed by atoms with Gasteiger partial charge in [0, 0.05) is 5.69 Å². The van der Waals surface area contributed by atoms with E-state index in [1.807, 2.05) is 31.2 Å². The Morgan fingerprint density at radius 3 is 2.71 bits per heavy atom. The van der Waals surface area contributed by atoms with Gasteiger partial charge in [0.2, 0.25) is 5.89 Å². The van der Waals surface area contributed by atoms with Crippen molar-refractivity contribution < 1.29 is 13.9 Å². The van der Waals surface area contributed by atoms with Gasteiger partial charge in [0.25, 0.3) is 5.91 Å². The Morgan fingerprint density at radius 2 is 1.89 bits per heavy atom. The quantitative estimate of drug-likeness (QED) is 0.466. The maximum Gasteiger partial charge on any atom is 0.259 e. The number of fused-ring (bicyclic) bond motifs is 1. The second kappa shape index (κ2) is 7.74. The van der Waals surface area contributed by atoms with Crippen LogP contribution in [0.15, 0.2) is 71.1 Å². The third kappa shape index (κ3) is 3.57. The minimum atomic E-state index is -0.252. The van der Waals surface area contributed by atoms with Gasteiger partial charge < -0.3 is 14.5 Å². The summed E-state index contributed by atoms with van der Waals surface area (Å²) in [6.45, 7) is 2.36. The summed E-state index contributed by atoms with van der Waals surface area (Å²) in [4.78, 5) is 17.2. The van der Waals surface area contributed by atoms with Gasteiger partial charge in [0.15, 0.2) is 5.58 Å². The largest absolute Gasteiger partial charge is 0.493 e. The van der Waals surface area contributed by atoms with E-state index in [-0.39, 0.29) is 5.91 Å². The van der Waals surface area contributed by atoms with Crippen molar-refractivity contribution in [3.05, 3.63) is 77.3 Å². The number of hydrogen-bond acceptors (Lipinski definition) is 4. The van der Waals surface area contributed by atoms with Crippen molar-refractivity contribution in [2.45, 2.75) is 6.92 Å². The molecule has 140 valence electrons. The summed E-state index contributed by atoms with van der Waals surface area (Å²) >= 11 is 6.23. The summed E-state index contributed by atoms with van der Waals surface area (Å²) in [5.74, 6) is 0.731. The molecule has 4 aromatic rings. The van der Waals surface area contributed by atoms with Gasteiger partial charge in [-0.25, -0.2) is 4.98 Å². The van der Waals surface area contributed by atoms with Crippen molar-refractivity contribution in [2.24, 2.45) is 0 Å². The summed E-state index contributed by atoms with van der Waals surface area (Å²) in [6.07, 6.45) is 0. The Balaban J connectivity index is 1.62. The van der Waals surface area contributed by atoms with Gasteiger partial charge in [-0.05, 0) is 49.4 Å². The number of hydrogen-bond donors (Lipinski definition) is 1. The van der Waals surface area contributed by atoms with Crippen LogP contribution in [0.4, 0.5) is 5.69 Å². The van der Waals surface area contributed by atoms with Crippen molar-refractivity contribution in [3.8, 4) is 17.2 Å². The Morgan fingerprint density at radius 1 is 1.11 bits per heavy atom. The lowest BCUT2D eigenvalue weighted by Crippen LogP contribution is -2.13. The van der Waals surface area contributed by atoms with Crippen molar-refractivity contribution in [1.82, 2.24) is 4.98 Å². The molecular formula is C22H17ClN2O3. The molecule has 6 heteroatoms. The molecule has 4 rings (SSSR count). The normalized spacial score (nSPS) is 10.8. The Labute approximate surface area is 166 Å². The first kappa shape index (κ1) is 18.1. The summed E-state index contributed by atoms with van der Waals surface area (Å²) in [6, 6.07) is 19.8. The highest BCUT2D eigenvalue weighted by Crippen LogP contribution is 2.31. The predicted molar refractivity (Wildman–Crippen MR) is 110 cm³/mol. The molecule has 0 fully saturated rings. The number of nitrogens with one attached hydrogen (secondary N) is 1. The zero-order chi connectivity index (χ0) is 19.5. The lowest BCUT2D eigenvalue weighted by molar-refractivity contribution is 0.102. The number of benzene rings is 3. The molecule has 0 aliphatic carbocycles. The summed E-state index contributed by atoms with van der Waals surface area (Å²) < 4.78 is 11.3. The van der Waals surface area contributed by atoms with E-state index in [2.05, 4.69) is 10.3 Å². The van der Waals surface area contributed by atoms with Gasteiger partial charge in [-0.15, -0.1) is 0 Å². The molecular weight excluding hydrogens is 376 g/mol. The third-order valence-electron chi connectivity index (χ3n) is 4.18. The number of aromatic nitrogens is 1. The highest BCUT2D eigenvalue weighted by molar-refractivity contribution is 6.33. The molecule has 0 radical (unpaired) electrons. The van der Waals surface area contributed by atoms with Crippen molar-refractivity contribution in [1.29, 1.82) is 0 Å². The number of para-hydroxylation sites is 1. The van der Waals surface area contributed by atoms with Crippen molar-refractivity contribution in [3.63, 3.8) is 0 Å². The summed E-state index contributed by atoms with van der Waals surface area (Å²) in [5.41, 5.74) is 3.05. The minimum Gasteiger partial charge on any atom is -0.493 e.